The molecule has 0 fully saturated rings. The molecule has 0 saturated carbocycles. The zero-order valence-corrected chi connectivity index (χ0v) is 19.2. The summed E-state index contributed by atoms with van der Waals surface area (Å²) in [7, 11) is 0. The third-order valence-electron chi connectivity index (χ3n) is 5.35. The van der Waals surface area contributed by atoms with Gasteiger partial charge in [-0.05, 0) is 37.3 Å². The smallest absolute Gasteiger partial charge is 0.433 e. The molecule has 196 valence electrons. The monoisotopic (exact) mass is 535 g/mol. The molecule has 0 atom stereocenters. The van der Waals surface area contributed by atoms with E-state index in [2.05, 4.69) is 25.2 Å². The van der Waals surface area contributed by atoms with Crippen molar-refractivity contribution in [3.8, 4) is 39.8 Å². The van der Waals surface area contributed by atoms with E-state index in [0.29, 0.717) is 16.1 Å². The van der Waals surface area contributed by atoms with Crippen molar-refractivity contribution in [1.29, 1.82) is 0 Å². The number of rotatable bonds is 5. The highest BCUT2D eigenvalue weighted by molar-refractivity contribution is 5.75. The zero-order chi connectivity index (χ0) is 27.2. The van der Waals surface area contributed by atoms with E-state index >= 15 is 0 Å². The molecule has 0 bridgehead atoms. The molecule has 1 aromatic carbocycles. The molecule has 0 aliphatic heterocycles. The van der Waals surface area contributed by atoms with E-state index in [4.69, 9.17) is 15.0 Å². The van der Waals surface area contributed by atoms with Crippen molar-refractivity contribution >= 4 is 11.5 Å². The van der Waals surface area contributed by atoms with Crippen LogP contribution in [0.3, 0.4) is 0 Å². The van der Waals surface area contributed by atoms with Gasteiger partial charge in [-0.2, -0.15) is 36.4 Å². The van der Waals surface area contributed by atoms with Gasteiger partial charge in [0.15, 0.2) is 11.3 Å². The van der Waals surface area contributed by atoms with Crippen LogP contribution in [0.2, 0.25) is 0 Å². The number of ether oxygens (including phenoxy) is 1. The molecule has 2 N–H and O–H groups in total. The molecule has 0 spiro atoms. The molecular weight excluding hydrogens is 520 g/mol. The van der Waals surface area contributed by atoms with Crippen LogP contribution < -0.4 is 10.5 Å². The highest BCUT2D eigenvalue weighted by Gasteiger charge is 2.37. The lowest BCUT2D eigenvalue weighted by molar-refractivity contribution is -0.142. The maximum absolute atomic E-state index is 14.0. The number of hydrogen-bond donors (Lipinski definition) is 1. The predicted molar refractivity (Wildman–Crippen MR) is 121 cm³/mol. The van der Waals surface area contributed by atoms with Gasteiger partial charge in [0.2, 0.25) is 5.82 Å². The van der Waals surface area contributed by atoms with Crippen molar-refractivity contribution in [2.45, 2.75) is 19.3 Å². The van der Waals surface area contributed by atoms with Crippen LogP contribution in [0.15, 0.2) is 53.3 Å². The summed E-state index contributed by atoms with van der Waals surface area (Å²) in [6.07, 6.45) is -7.16. The molecule has 5 rings (SSSR count). The van der Waals surface area contributed by atoms with Crippen molar-refractivity contribution in [3.05, 3.63) is 60.0 Å². The predicted octanol–water partition coefficient (Wildman–Crippen LogP) is 5.53. The number of nitrogens with two attached hydrogens (primary N) is 1. The van der Waals surface area contributed by atoms with Crippen LogP contribution in [0.1, 0.15) is 18.2 Å². The number of nitrogens with zero attached hydrogens (tertiary/aromatic N) is 6. The summed E-state index contributed by atoms with van der Waals surface area (Å²) in [4.78, 5) is 12.4. The van der Waals surface area contributed by atoms with E-state index < -0.39 is 29.4 Å². The fraction of sp³-hybridized carbons (Fsp3) is 0.174. The third kappa shape index (κ3) is 4.57. The molecule has 0 saturated heterocycles. The van der Waals surface area contributed by atoms with Gasteiger partial charge in [0.05, 0.1) is 24.1 Å². The standard InChI is InChI=1S/C23H15F6N7O2/c1-2-37-16-7-11(3-5-14(16)22(24,25)26)15-8-17(23(27,28)29)36-20(33-15)13(10-32-36)21-34-19(35-38-21)12-4-6-18(30)31-9-12/h3-10H,2H2,1H3,(H2,30,31). The Balaban J connectivity index is 1.67. The van der Waals surface area contributed by atoms with E-state index in [-0.39, 0.29) is 46.6 Å². The van der Waals surface area contributed by atoms with Gasteiger partial charge in [0.25, 0.3) is 5.89 Å². The second-order valence-electron chi connectivity index (χ2n) is 7.85. The van der Waals surface area contributed by atoms with E-state index in [1.807, 2.05) is 0 Å². The average Bonchev–Trinajstić information content (AvgIpc) is 3.50. The quantitative estimate of drug-likeness (QED) is 0.292. The van der Waals surface area contributed by atoms with Crippen molar-refractivity contribution in [2.24, 2.45) is 0 Å². The highest BCUT2D eigenvalue weighted by atomic mass is 19.4. The number of alkyl halides is 6. The van der Waals surface area contributed by atoms with Crippen LogP contribution in [-0.4, -0.2) is 36.3 Å². The summed E-state index contributed by atoms with van der Waals surface area (Å²) in [5.41, 5.74) is 3.06. The van der Waals surface area contributed by atoms with Crippen LogP contribution in [0.5, 0.6) is 5.75 Å². The van der Waals surface area contributed by atoms with Crippen LogP contribution in [0.25, 0.3) is 39.7 Å². The lowest BCUT2D eigenvalue weighted by Crippen LogP contribution is -2.14. The normalized spacial score (nSPS) is 12.3. The molecule has 0 aliphatic rings. The van der Waals surface area contributed by atoms with E-state index in [1.54, 1.807) is 6.07 Å². The van der Waals surface area contributed by atoms with Crippen LogP contribution in [0.4, 0.5) is 32.2 Å². The second kappa shape index (κ2) is 9.00. The number of nitrogen functional groups attached to an aromatic ring is 1. The molecule has 5 aromatic rings. The Bertz CT molecular complexity index is 1620. The first-order chi connectivity index (χ1) is 18.0. The van der Waals surface area contributed by atoms with E-state index in [9.17, 15) is 26.3 Å². The summed E-state index contributed by atoms with van der Waals surface area (Å²) in [5.74, 6) is -0.387. The maximum atomic E-state index is 14.0. The Labute approximate surface area is 208 Å². The minimum atomic E-state index is -4.89. The lowest BCUT2D eigenvalue weighted by Gasteiger charge is -2.15. The molecular formula is C23H15F6N7O2. The molecule has 0 amide bonds. The molecule has 0 unspecified atom stereocenters. The van der Waals surface area contributed by atoms with E-state index in [1.165, 1.54) is 19.2 Å². The first-order valence-corrected chi connectivity index (χ1v) is 10.8. The number of halogens is 6. The minimum Gasteiger partial charge on any atom is -0.493 e. The third-order valence-corrected chi connectivity index (χ3v) is 5.35. The van der Waals surface area contributed by atoms with Crippen LogP contribution in [0, 0.1) is 0 Å². The van der Waals surface area contributed by atoms with Gasteiger partial charge in [0, 0.05) is 17.3 Å². The van der Waals surface area contributed by atoms with Gasteiger partial charge in [-0.15, -0.1) is 0 Å². The summed E-state index contributed by atoms with van der Waals surface area (Å²) in [6, 6.07) is 6.49. The van der Waals surface area contributed by atoms with Crippen LogP contribution in [-0.2, 0) is 12.4 Å². The number of aromatic nitrogens is 6. The Morgan fingerprint density at radius 2 is 1.71 bits per heavy atom. The summed E-state index contributed by atoms with van der Waals surface area (Å²) >= 11 is 0. The topological polar surface area (TPSA) is 117 Å². The number of benzene rings is 1. The largest absolute Gasteiger partial charge is 0.493 e. The maximum Gasteiger partial charge on any atom is 0.433 e. The van der Waals surface area contributed by atoms with Gasteiger partial charge in [-0.1, -0.05) is 11.2 Å². The van der Waals surface area contributed by atoms with Gasteiger partial charge in [0.1, 0.15) is 17.1 Å². The fourth-order valence-electron chi connectivity index (χ4n) is 3.64. The summed E-state index contributed by atoms with van der Waals surface area (Å²) in [6.45, 7) is 1.39. The Morgan fingerprint density at radius 1 is 0.947 bits per heavy atom. The Kier molecular flexibility index (Phi) is 5.92. The Hall–Kier alpha value is -4.69. The van der Waals surface area contributed by atoms with Crippen LogP contribution >= 0.6 is 0 Å². The minimum absolute atomic E-state index is 0.0311. The molecule has 0 aliphatic carbocycles. The van der Waals surface area contributed by atoms with Gasteiger partial charge in [-0.3, -0.25) is 0 Å². The number of pyridine rings is 1. The van der Waals surface area contributed by atoms with Gasteiger partial charge < -0.3 is 15.0 Å². The Morgan fingerprint density at radius 3 is 2.37 bits per heavy atom. The fourth-order valence-corrected chi connectivity index (χ4v) is 3.64. The molecule has 4 aromatic heterocycles. The van der Waals surface area contributed by atoms with Crippen molar-refractivity contribution in [1.82, 2.24) is 29.7 Å². The number of hydrogen-bond acceptors (Lipinski definition) is 8. The SMILES string of the molecule is CCOc1cc(-c2cc(C(F)(F)F)n3ncc(-c4nc(-c5ccc(N)nc5)no4)c3n2)ccc1C(F)(F)F. The number of anilines is 1. The van der Waals surface area contributed by atoms with E-state index in [0.717, 1.165) is 24.4 Å². The molecule has 15 heteroatoms. The average molecular weight is 535 g/mol. The van der Waals surface area contributed by atoms with Crippen molar-refractivity contribution in [3.63, 3.8) is 0 Å². The first-order valence-electron chi connectivity index (χ1n) is 10.8. The summed E-state index contributed by atoms with van der Waals surface area (Å²) in [5, 5.41) is 7.61. The zero-order valence-electron chi connectivity index (χ0n) is 19.2. The van der Waals surface area contributed by atoms with Crippen molar-refractivity contribution < 1.29 is 35.6 Å². The molecule has 38 heavy (non-hydrogen) atoms. The summed E-state index contributed by atoms with van der Waals surface area (Å²) < 4.78 is 93.0. The van der Waals surface area contributed by atoms with Gasteiger partial charge >= 0.3 is 12.4 Å². The number of fused-ring (bicyclic) bond motifs is 1. The first kappa shape index (κ1) is 25.0. The molecule has 9 nitrogen and oxygen atoms in total. The van der Waals surface area contributed by atoms with Gasteiger partial charge in [-0.25, -0.2) is 14.5 Å². The highest BCUT2D eigenvalue weighted by Crippen LogP contribution is 2.40. The molecule has 0 radical (unpaired) electrons. The van der Waals surface area contributed by atoms with Crippen molar-refractivity contribution in [2.75, 3.05) is 12.3 Å². The molecule has 4 heterocycles. The lowest BCUT2D eigenvalue weighted by atomic mass is 10.1. The second-order valence-corrected chi connectivity index (χ2v) is 7.85.